The summed E-state index contributed by atoms with van der Waals surface area (Å²) in [6.45, 7) is 1.21. The summed E-state index contributed by atoms with van der Waals surface area (Å²) in [5.41, 5.74) is 0. The molecule has 0 atom stereocenters. The maximum Gasteiger partial charge on any atom is 0.433 e. The second kappa shape index (κ2) is 4.68. The number of carbonyl (C=O) groups excluding carboxylic acids is 2. The van der Waals surface area contributed by atoms with Crippen LogP contribution in [0.25, 0.3) is 0 Å². The van der Waals surface area contributed by atoms with Crippen molar-refractivity contribution < 1.29 is 14.4 Å². The maximum absolute atomic E-state index is 10.4. The number of ketones is 1. The molecule has 5 nitrogen and oxygen atoms in total. The van der Waals surface area contributed by atoms with Crippen LogP contribution in [0.1, 0.15) is 6.92 Å². The monoisotopic (exact) mass is 178 g/mol. The zero-order chi connectivity index (χ0) is 8.85. The van der Waals surface area contributed by atoms with Crippen LogP contribution in [0.15, 0.2) is 5.16 Å². The number of rotatable bonds is 2. The van der Waals surface area contributed by atoms with Crippen molar-refractivity contribution in [3.05, 3.63) is 0 Å². The Morgan fingerprint density at radius 2 is 2.09 bits per heavy atom. The van der Waals surface area contributed by atoms with Gasteiger partial charge in [0.05, 0.1) is 0 Å². The molecule has 0 aliphatic carbocycles. The maximum atomic E-state index is 10.4. The summed E-state index contributed by atoms with van der Waals surface area (Å²) in [4.78, 5) is 24.8. The van der Waals surface area contributed by atoms with Gasteiger partial charge in [-0.2, -0.15) is 0 Å². The van der Waals surface area contributed by atoms with Crippen LogP contribution in [-0.4, -0.2) is 24.1 Å². The summed E-state index contributed by atoms with van der Waals surface area (Å²) >= 11 is 5.21. The van der Waals surface area contributed by atoms with Crippen LogP contribution >= 0.6 is 11.6 Å². The minimum Gasteiger partial charge on any atom is -0.323 e. The van der Waals surface area contributed by atoms with E-state index >= 15 is 0 Å². The van der Waals surface area contributed by atoms with E-state index in [0.29, 0.717) is 0 Å². The predicted molar refractivity (Wildman–Crippen MR) is 39.5 cm³/mol. The van der Waals surface area contributed by atoms with E-state index in [0.717, 1.165) is 0 Å². The topological polar surface area (TPSA) is 67.8 Å². The number of amides is 1. The molecule has 0 aliphatic heterocycles. The van der Waals surface area contributed by atoms with Crippen molar-refractivity contribution >= 4 is 28.6 Å². The standard InChI is InChI=1S/C5H7ClN2O3/c1-3(9)4(6)8-11-5(10)7-2/h1-2H3,(H,7,10). The fraction of sp³-hybridized carbons (Fsp3) is 0.400. The van der Waals surface area contributed by atoms with Crippen molar-refractivity contribution in [1.82, 2.24) is 5.32 Å². The number of hydrogen-bond acceptors (Lipinski definition) is 4. The third-order valence-corrected chi connectivity index (χ3v) is 1.04. The van der Waals surface area contributed by atoms with Crippen LogP contribution < -0.4 is 5.32 Å². The van der Waals surface area contributed by atoms with Gasteiger partial charge in [-0.25, -0.2) is 4.79 Å². The third-order valence-electron chi connectivity index (χ3n) is 0.703. The highest BCUT2D eigenvalue weighted by molar-refractivity contribution is 6.82. The lowest BCUT2D eigenvalue weighted by Gasteiger charge is -1.93. The summed E-state index contributed by atoms with van der Waals surface area (Å²) in [6.07, 6.45) is -0.774. The Morgan fingerprint density at radius 1 is 1.55 bits per heavy atom. The summed E-state index contributed by atoms with van der Waals surface area (Å²) in [6, 6.07) is 0. The Morgan fingerprint density at radius 3 is 2.45 bits per heavy atom. The molecule has 0 saturated carbocycles. The molecule has 6 heteroatoms. The number of Topliss-reactive ketones (excluding diaryl/α,β-unsaturated/α-hetero) is 1. The van der Waals surface area contributed by atoms with Crippen LogP contribution in [0.4, 0.5) is 4.79 Å². The first-order valence-corrected chi connectivity index (χ1v) is 3.09. The molecule has 0 aromatic carbocycles. The van der Waals surface area contributed by atoms with Crippen molar-refractivity contribution in [2.45, 2.75) is 6.92 Å². The third kappa shape index (κ3) is 4.32. The molecular formula is C5H7ClN2O3. The smallest absolute Gasteiger partial charge is 0.323 e. The fourth-order valence-corrected chi connectivity index (χ4v) is 0.226. The summed E-state index contributed by atoms with van der Waals surface area (Å²) in [5.74, 6) is -0.462. The molecule has 62 valence electrons. The molecule has 0 unspecified atom stereocenters. The lowest BCUT2D eigenvalue weighted by molar-refractivity contribution is -0.110. The average Bonchev–Trinajstić information content (AvgIpc) is 1.99. The second-order valence-electron chi connectivity index (χ2n) is 1.57. The number of carbonyl (C=O) groups is 2. The van der Waals surface area contributed by atoms with Crippen molar-refractivity contribution in [3.63, 3.8) is 0 Å². The van der Waals surface area contributed by atoms with Crippen molar-refractivity contribution in [2.24, 2.45) is 5.16 Å². The number of halogens is 1. The van der Waals surface area contributed by atoms with Crippen LogP contribution in [-0.2, 0) is 9.63 Å². The van der Waals surface area contributed by atoms with E-state index in [1.165, 1.54) is 14.0 Å². The van der Waals surface area contributed by atoms with E-state index in [4.69, 9.17) is 11.6 Å². The van der Waals surface area contributed by atoms with Crippen molar-refractivity contribution in [3.8, 4) is 0 Å². The zero-order valence-corrected chi connectivity index (χ0v) is 6.81. The number of nitrogens with zero attached hydrogens (tertiary/aromatic N) is 1. The zero-order valence-electron chi connectivity index (χ0n) is 6.05. The van der Waals surface area contributed by atoms with E-state index in [1.54, 1.807) is 0 Å². The summed E-state index contributed by atoms with van der Waals surface area (Å²) in [7, 11) is 1.36. The number of oxime groups is 1. The molecule has 0 spiro atoms. The van der Waals surface area contributed by atoms with Gasteiger partial charge in [-0.05, 0) is 0 Å². The van der Waals surface area contributed by atoms with E-state index in [1.807, 2.05) is 0 Å². The van der Waals surface area contributed by atoms with Crippen LogP contribution in [0.3, 0.4) is 0 Å². The van der Waals surface area contributed by atoms with E-state index < -0.39 is 11.9 Å². The van der Waals surface area contributed by atoms with Gasteiger partial charge in [-0.3, -0.25) is 9.63 Å². The quantitative estimate of drug-likeness (QED) is 0.380. The fourth-order valence-electron chi connectivity index (χ4n) is 0.191. The largest absolute Gasteiger partial charge is 0.433 e. The first-order chi connectivity index (χ1) is 5.07. The van der Waals surface area contributed by atoms with E-state index in [-0.39, 0.29) is 5.17 Å². The molecule has 1 amide bonds. The summed E-state index contributed by atoms with van der Waals surface area (Å²) < 4.78 is 0. The van der Waals surface area contributed by atoms with Crippen molar-refractivity contribution in [1.29, 1.82) is 0 Å². The van der Waals surface area contributed by atoms with Crippen LogP contribution in [0.5, 0.6) is 0 Å². The Hall–Kier alpha value is -1.10. The Balaban J connectivity index is 3.92. The molecule has 0 heterocycles. The van der Waals surface area contributed by atoms with Crippen LogP contribution in [0.2, 0.25) is 0 Å². The SMILES string of the molecule is CNC(=O)ON=C(Cl)C(C)=O. The van der Waals surface area contributed by atoms with E-state index in [9.17, 15) is 9.59 Å². The molecular weight excluding hydrogens is 172 g/mol. The Kier molecular flexibility index (Phi) is 4.21. The van der Waals surface area contributed by atoms with E-state index in [2.05, 4.69) is 15.3 Å². The minimum absolute atomic E-state index is 0.367. The molecule has 0 saturated heterocycles. The molecule has 1 N–H and O–H groups in total. The normalized spacial score (nSPS) is 10.6. The first-order valence-electron chi connectivity index (χ1n) is 2.71. The molecule has 0 bridgehead atoms. The lowest BCUT2D eigenvalue weighted by Crippen LogP contribution is -2.17. The van der Waals surface area contributed by atoms with Crippen molar-refractivity contribution in [2.75, 3.05) is 7.05 Å². The van der Waals surface area contributed by atoms with Gasteiger partial charge in [0.1, 0.15) is 0 Å². The minimum atomic E-state index is -0.774. The predicted octanol–water partition coefficient (Wildman–Crippen LogP) is 0.484. The lowest BCUT2D eigenvalue weighted by atomic mass is 10.5. The molecule has 0 aromatic heterocycles. The highest BCUT2D eigenvalue weighted by Gasteiger charge is 2.03. The van der Waals surface area contributed by atoms with Crippen LogP contribution in [0, 0.1) is 0 Å². The van der Waals surface area contributed by atoms with Gasteiger partial charge in [-0.1, -0.05) is 16.8 Å². The molecule has 0 rings (SSSR count). The average molecular weight is 179 g/mol. The molecule has 0 aromatic rings. The van der Waals surface area contributed by atoms with Gasteiger partial charge in [0, 0.05) is 14.0 Å². The Labute approximate surface area is 68.3 Å². The Bertz CT molecular complexity index is 202. The van der Waals surface area contributed by atoms with Gasteiger partial charge in [0.25, 0.3) is 0 Å². The highest BCUT2D eigenvalue weighted by Crippen LogP contribution is 1.89. The first kappa shape index (κ1) is 9.90. The molecule has 0 aliphatic rings. The second-order valence-corrected chi connectivity index (χ2v) is 1.93. The van der Waals surface area contributed by atoms with Gasteiger partial charge in [0.2, 0.25) is 5.17 Å². The van der Waals surface area contributed by atoms with Gasteiger partial charge >= 0.3 is 6.09 Å². The van der Waals surface area contributed by atoms with Gasteiger partial charge in [-0.15, -0.1) is 0 Å². The number of hydrogen-bond donors (Lipinski definition) is 1. The molecule has 0 radical (unpaired) electrons. The van der Waals surface area contributed by atoms with Gasteiger partial charge < -0.3 is 5.32 Å². The summed E-state index contributed by atoms with van der Waals surface area (Å²) in [5, 5.41) is 4.77. The van der Waals surface area contributed by atoms with Gasteiger partial charge in [0.15, 0.2) is 5.78 Å². The molecule has 0 fully saturated rings. The highest BCUT2D eigenvalue weighted by atomic mass is 35.5. The number of nitrogens with one attached hydrogen (secondary N) is 1. The molecule has 11 heavy (non-hydrogen) atoms.